The molecule has 0 aliphatic carbocycles. The maximum Gasteiger partial charge on any atom is 0.234 e. The Morgan fingerprint density at radius 3 is 2.63 bits per heavy atom. The minimum atomic E-state index is -0.219. The van der Waals surface area contributed by atoms with Crippen molar-refractivity contribution in [2.75, 3.05) is 16.9 Å². The smallest absolute Gasteiger partial charge is 0.234 e. The molecule has 0 radical (unpaired) electrons. The Hall–Kier alpha value is -1.45. The van der Waals surface area contributed by atoms with Crippen molar-refractivity contribution in [3.05, 3.63) is 55.9 Å². The van der Waals surface area contributed by atoms with Gasteiger partial charge in [-0.2, -0.15) is 0 Å². The molecule has 11 heteroatoms. The SMILES string of the molecule is Nn1c(SCC(=O)Nc2ccc(Cl)c(Br)c2)nnc1-c1ccc(Cl)cc1Cl. The molecule has 1 aromatic heterocycles. The van der Waals surface area contributed by atoms with Crippen molar-refractivity contribution in [3.8, 4) is 11.4 Å². The zero-order valence-corrected chi connectivity index (χ0v) is 18.1. The van der Waals surface area contributed by atoms with E-state index in [9.17, 15) is 4.79 Å². The molecule has 1 heterocycles. The Morgan fingerprint density at radius 1 is 1.15 bits per heavy atom. The molecule has 0 saturated carbocycles. The second kappa shape index (κ2) is 8.70. The van der Waals surface area contributed by atoms with Gasteiger partial charge in [-0.15, -0.1) is 10.2 Å². The number of hydrogen-bond donors (Lipinski definition) is 2. The molecular formula is C16H11BrCl3N5OS. The minimum Gasteiger partial charge on any atom is -0.335 e. The summed E-state index contributed by atoms with van der Waals surface area (Å²) in [6, 6.07) is 10.1. The number of halogens is 4. The van der Waals surface area contributed by atoms with Crippen molar-refractivity contribution in [2.45, 2.75) is 5.16 Å². The molecule has 0 bridgehead atoms. The van der Waals surface area contributed by atoms with Gasteiger partial charge in [0.2, 0.25) is 11.1 Å². The number of thioether (sulfide) groups is 1. The van der Waals surface area contributed by atoms with Crippen molar-refractivity contribution in [3.63, 3.8) is 0 Å². The fraction of sp³-hybridized carbons (Fsp3) is 0.0625. The second-order valence-electron chi connectivity index (χ2n) is 5.27. The number of hydrogen-bond acceptors (Lipinski definition) is 5. The van der Waals surface area contributed by atoms with Crippen LogP contribution >= 0.6 is 62.5 Å². The Bertz CT molecular complexity index is 1010. The van der Waals surface area contributed by atoms with Crippen LogP contribution in [0.25, 0.3) is 11.4 Å². The Labute approximate surface area is 182 Å². The summed E-state index contributed by atoms with van der Waals surface area (Å²) in [6.45, 7) is 0. The topological polar surface area (TPSA) is 85.8 Å². The van der Waals surface area contributed by atoms with E-state index in [0.29, 0.717) is 41.8 Å². The van der Waals surface area contributed by atoms with E-state index in [-0.39, 0.29) is 11.7 Å². The highest BCUT2D eigenvalue weighted by molar-refractivity contribution is 9.10. The van der Waals surface area contributed by atoms with Gasteiger partial charge in [0.15, 0.2) is 5.82 Å². The van der Waals surface area contributed by atoms with Gasteiger partial charge in [-0.25, -0.2) is 4.68 Å². The van der Waals surface area contributed by atoms with Gasteiger partial charge in [0.25, 0.3) is 0 Å². The number of nitrogens with zero attached hydrogens (tertiary/aromatic N) is 3. The van der Waals surface area contributed by atoms with E-state index in [0.717, 1.165) is 11.8 Å². The summed E-state index contributed by atoms with van der Waals surface area (Å²) in [5.41, 5.74) is 1.22. The number of amides is 1. The number of benzene rings is 2. The molecule has 0 aliphatic rings. The number of nitrogens with one attached hydrogen (secondary N) is 1. The Morgan fingerprint density at radius 2 is 1.93 bits per heavy atom. The van der Waals surface area contributed by atoms with Crippen LogP contribution in [-0.4, -0.2) is 26.5 Å². The fourth-order valence-electron chi connectivity index (χ4n) is 2.13. The van der Waals surface area contributed by atoms with E-state index in [1.807, 2.05) is 0 Å². The van der Waals surface area contributed by atoms with Crippen LogP contribution < -0.4 is 11.2 Å². The van der Waals surface area contributed by atoms with Gasteiger partial charge in [-0.3, -0.25) is 4.79 Å². The highest BCUT2D eigenvalue weighted by Gasteiger charge is 2.16. The minimum absolute atomic E-state index is 0.101. The molecule has 0 spiro atoms. The summed E-state index contributed by atoms with van der Waals surface area (Å²) >= 11 is 22.5. The standard InChI is InChI=1S/C16H11BrCl3N5OS/c17-11-6-9(2-4-12(11)19)22-14(26)7-27-16-24-23-15(25(16)21)10-3-1-8(18)5-13(10)20/h1-6H,7,21H2,(H,22,26). The number of rotatable bonds is 5. The molecule has 0 atom stereocenters. The number of carbonyl (C=O) groups is 1. The maximum absolute atomic E-state index is 12.1. The molecule has 3 aromatic rings. The number of anilines is 1. The zero-order chi connectivity index (χ0) is 19.6. The number of nitrogen functional groups attached to an aromatic ring is 1. The van der Waals surface area contributed by atoms with Crippen molar-refractivity contribution in [1.29, 1.82) is 0 Å². The zero-order valence-electron chi connectivity index (χ0n) is 13.4. The highest BCUT2D eigenvalue weighted by Crippen LogP contribution is 2.30. The fourth-order valence-corrected chi connectivity index (χ4v) is 3.78. The average Bonchev–Trinajstić information content (AvgIpc) is 2.97. The summed E-state index contributed by atoms with van der Waals surface area (Å²) in [5, 5.41) is 12.7. The third-order valence-corrected chi connectivity index (χ3v) is 6.08. The monoisotopic (exact) mass is 505 g/mol. The molecule has 3 N–H and O–H groups in total. The van der Waals surface area contributed by atoms with Crippen LogP contribution in [0, 0.1) is 0 Å². The van der Waals surface area contributed by atoms with E-state index in [4.69, 9.17) is 40.6 Å². The van der Waals surface area contributed by atoms with Crippen molar-refractivity contribution >= 4 is 74.1 Å². The van der Waals surface area contributed by atoms with E-state index in [2.05, 4.69) is 31.4 Å². The quantitative estimate of drug-likeness (QED) is 0.370. The molecule has 140 valence electrons. The molecule has 27 heavy (non-hydrogen) atoms. The number of aromatic nitrogens is 3. The predicted molar refractivity (Wildman–Crippen MR) is 114 cm³/mol. The molecule has 0 unspecified atom stereocenters. The van der Waals surface area contributed by atoms with Gasteiger partial charge in [-0.05, 0) is 52.3 Å². The lowest BCUT2D eigenvalue weighted by Crippen LogP contribution is -2.16. The molecule has 3 rings (SSSR count). The largest absolute Gasteiger partial charge is 0.335 e. The molecule has 0 saturated heterocycles. The molecule has 6 nitrogen and oxygen atoms in total. The van der Waals surface area contributed by atoms with Crippen LogP contribution in [0.2, 0.25) is 15.1 Å². The van der Waals surface area contributed by atoms with Crippen LogP contribution in [0.5, 0.6) is 0 Å². The first-order valence-corrected chi connectivity index (χ1v) is 10.3. The van der Waals surface area contributed by atoms with E-state index >= 15 is 0 Å². The van der Waals surface area contributed by atoms with Crippen LogP contribution in [0.1, 0.15) is 0 Å². The molecule has 0 fully saturated rings. The first-order chi connectivity index (χ1) is 12.8. The van der Waals surface area contributed by atoms with Gasteiger partial charge in [0.1, 0.15) is 0 Å². The third kappa shape index (κ3) is 4.89. The van der Waals surface area contributed by atoms with Crippen LogP contribution in [0.3, 0.4) is 0 Å². The van der Waals surface area contributed by atoms with Crippen molar-refractivity contribution in [2.24, 2.45) is 0 Å². The summed E-state index contributed by atoms with van der Waals surface area (Å²) in [4.78, 5) is 12.1. The lowest BCUT2D eigenvalue weighted by molar-refractivity contribution is -0.113. The summed E-state index contributed by atoms with van der Waals surface area (Å²) < 4.78 is 1.98. The van der Waals surface area contributed by atoms with Crippen LogP contribution in [-0.2, 0) is 4.79 Å². The highest BCUT2D eigenvalue weighted by atomic mass is 79.9. The predicted octanol–water partition coefficient (Wildman–Crippen LogP) is 5.11. The third-order valence-electron chi connectivity index (χ3n) is 3.37. The van der Waals surface area contributed by atoms with Crippen LogP contribution in [0.15, 0.2) is 46.0 Å². The number of nitrogens with two attached hydrogens (primary N) is 1. The first-order valence-electron chi connectivity index (χ1n) is 7.39. The molecular weight excluding hydrogens is 497 g/mol. The van der Waals surface area contributed by atoms with Crippen molar-refractivity contribution < 1.29 is 4.79 Å². The van der Waals surface area contributed by atoms with Gasteiger partial charge >= 0.3 is 0 Å². The summed E-state index contributed by atoms with van der Waals surface area (Å²) in [6.07, 6.45) is 0. The normalized spacial score (nSPS) is 10.8. The lowest BCUT2D eigenvalue weighted by Gasteiger charge is -2.07. The van der Waals surface area contributed by atoms with E-state index < -0.39 is 0 Å². The molecule has 1 amide bonds. The molecule has 0 aliphatic heterocycles. The Kier molecular flexibility index (Phi) is 6.54. The summed E-state index contributed by atoms with van der Waals surface area (Å²) in [5.74, 6) is 6.30. The van der Waals surface area contributed by atoms with E-state index in [1.54, 1.807) is 36.4 Å². The van der Waals surface area contributed by atoms with Gasteiger partial charge in [-0.1, -0.05) is 46.6 Å². The maximum atomic E-state index is 12.1. The van der Waals surface area contributed by atoms with Gasteiger partial charge in [0.05, 0.1) is 15.8 Å². The Balaban J connectivity index is 1.67. The molecule has 2 aromatic carbocycles. The van der Waals surface area contributed by atoms with E-state index in [1.165, 1.54) is 4.68 Å². The number of carbonyl (C=O) groups excluding carboxylic acids is 1. The summed E-state index contributed by atoms with van der Waals surface area (Å²) in [7, 11) is 0. The van der Waals surface area contributed by atoms with Gasteiger partial charge in [0, 0.05) is 20.7 Å². The average molecular weight is 508 g/mol. The second-order valence-corrected chi connectivity index (χ2v) is 8.31. The first kappa shape index (κ1) is 20.3. The van der Waals surface area contributed by atoms with Gasteiger partial charge < -0.3 is 11.2 Å². The van der Waals surface area contributed by atoms with Crippen molar-refractivity contribution in [1.82, 2.24) is 14.9 Å². The van der Waals surface area contributed by atoms with Crippen LogP contribution in [0.4, 0.5) is 5.69 Å². The lowest BCUT2D eigenvalue weighted by atomic mass is 10.2.